The molecular weight excluding hydrogens is 295 g/mol. The zero-order valence-electron chi connectivity index (χ0n) is 10.3. The molecule has 0 aromatic heterocycles. The molecule has 18 heavy (non-hydrogen) atoms. The number of aryl methyl sites for hydroxylation is 2. The molecule has 0 spiro atoms. The highest BCUT2D eigenvalue weighted by Gasteiger charge is 2.03. The Kier molecular flexibility index (Phi) is 4.02. The van der Waals surface area contributed by atoms with Crippen molar-refractivity contribution in [2.75, 3.05) is 0 Å². The summed E-state index contributed by atoms with van der Waals surface area (Å²) in [4.78, 5) is 0. The lowest BCUT2D eigenvalue weighted by Crippen LogP contribution is -1.90. The third-order valence-electron chi connectivity index (χ3n) is 2.82. The Morgan fingerprint density at radius 1 is 1.00 bits per heavy atom. The molecule has 0 N–H and O–H groups in total. The summed E-state index contributed by atoms with van der Waals surface area (Å²) in [5, 5.41) is 0.828. The van der Waals surface area contributed by atoms with Crippen LogP contribution in [0.3, 0.4) is 0 Å². The molecular formula is C15H14BrFO. The third-order valence-corrected chi connectivity index (χ3v) is 3.43. The number of hydrogen-bond acceptors (Lipinski definition) is 1. The van der Waals surface area contributed by atoms with Crippen molar-refractivity contribution in [3.8, 4) is 11.5 Å². The van der Waals surface area contributed by atoms with Crippen LogP contribution in [0.5, 0.6) is 11.5 Å². The van der Waals surface area contributed by atoms with Gasteiger partial charge < -0.3 is 4.74 Å². The molecule has 1 nitrogen and oxygen atoms in total. The first-order valence-corrected chi connectivity index (χ1v) is 6.82. The Balaban J connectivity index is 2.23. The summed E-state index contributed by atoms with van der Waals surface area (Å²) < 4.78 is 18.9. The molecule has 0 heterocycles. The van der Waals surface area contributed by atoms with E-state index in [0.29, 0.717) is 11.3 Å². The van der Waals surface area contributed by atoms with Gasteiger partial charge in [0, 0.05) is 5.33 Å². The van der Waals surface area contributed by atoms with E-state index in [1.54, 1.807) is 19.1 Å². The summed E-state index contributed by atoms with van der Waals surface area (Å²) in [6.45, 7) is 3.76. The molecule has 2 aromatic carbocycles. The van der Waals surface area contributed by atoms with Gasteiger partial charge in [0.1, 0.15) is 17.3 Å². The third kappa shape index (κ3) is 2.91. The van der Waals surface area contributed by atoms with E-state index in [0.717, 1.165) is 11.1 Å². The van der Waals surface area contributed by atoms with Crippen molar-refractivity contribution in [2.24, 2.45) is 0 Å². The molecule has 94 valence electrons. The van der Waals surface area contributed by atoms with Crippen LogP contribution in [0, 0.1) is 19.7 Å². The molecule has 0 aliphatic carbocycles. The largest absolute Gasteiger partial charge is 0.457 e. The molecule has 0 saturated carbocycles. The Bertz CT molecular complexity index is 566. The van der Waals surface area contributed by atoms with Crippen LogP contribution in [-0.4, -0.2) is 0 Å². The lowest BCUT2D eigenvalue weighted by molar-refractivity contribution is 0.479. The maximum atomic E-state index is 13.1. The van der Waals surface area contributed by atoms with E-state index in [-0.39, 0.29) is 5.82 Å². The van der Waals surface area contributed by atoms with Gasteiger partial charge >= 0.3 is 0 Å². The molecule has 0 fully saturated rings. The molecule has 0 aliphatic heterocycles. The van der Waals surface area contributed by atoms with Crippen molar-refractivity contribution in [3.63, 3.8) is 0 Å². The minimum atomic E-state index is -0.215. The van der Waals surface area contributed by atoms with Crippen molar-refractivity contribution >= 4 is 15.9 Å². The van der Waals surface area contributed by atoms with Gasteiger partial charge in [-0.05, 0) is 60.9 Å². The van der Waals surface area contributed by atoms with Crippen LogP contribution < -0.4 is 4.74 Å². The van der Waals surface area contributed by atoms with E-state index in [9.17, 15) is 4.39 Å². The van der Waals surface area contributed by atoms with Gasteiger partial charge in [-0.2, -0.15) is 0 Å². The van der Waals surface area contributed by atoms with Gasteiger partial charge in [-0.1, -0.05) is 22.0 Å². The number of benzene rings is 2. The summed E-state index contributed by atoms with van der Waals surface area (Å²) in [7, 11) is 0. The SMILES string of the molecule is Cc1cc(Oc2ccc(CBr)c(C)c2)ccc1F. The van der Waals surface area contributed by atoms with Gasteiger partial charge in [-0.25, -0.2) is 4.39 Å². The van der Waals surface area contributed by atoms with E-state index in [4.69, 9.17) is 4.74 Å². The van der Waals surface area contributed by atoms with Crippen LogP contribution in [0.1, 0.15) is 16.7 Å². The van der Waals surface area contributed by atoms with Crippen LogP contribution >= 0.6 is 15.9 Å². The molecule has 0 bridgehead atoms. The highest BCUT2D eigenvalue weighted by Crippen LogP contribution is 2.26. The van der Waals surface area contributed by atoms with E-state index >= 15 is 0 Å². The fraction of sp³-hybridized carbons (Fsp3) is 0.200. The number of hydrogen-bond donors (Lipinski definition) is 0. The molecule has 2 rings (SSSR count). The summed E-state index contributed by atoms with van der Waals surface area (Å²) >= 11 is 3.43. The van der Waals surface area contributed by atoms with Crippen molar-refractivity contribution in [1.82, 2.24) is 0 Å². The zero-order chi connectivity index (χ0) is 13.1. The lowest BCUT2D eigenvalue weighted by atomic mass is 10.1. The highest BCUT2D eigenvalue weighted by molar-refractivity contribution is 9.08. The Morgan fingerprint density at radius 2 is 1.61 bits per heavy atom. The van der Waals surface area contributed by atoms with Crippen LogP contribution in [0.25, 0.3) is 0 Å². The second kappa shape index (κ2) is 5.53. The number of rotatable bonds is 3. The smallest absolute Gasteiger partial charge is 0.127 e. The second-order valence-electron chi connectivity index (χ2n) is 4.23. The molecule has 0 unspecified atom stereocenters. The van der Waals surface area contributed by atoms with Crippen molar-refractivity contribution in [1.29, 1.82) is 0 Å². The van der Waals surface area contributed by atoms with Crippen molar-refractivity contribution in [3.05, 3.63) is 58.9 Å². The van der Waals surface area contributed by atoms with Gasteiger partial charge in [0.2, 0.25) is 0 Å². The van der Waals surface area contributed by atoms with Gasteiger partial charge in [-0.15, -0.1) is 0 Å². The van der Waals surface area contributed by atoms with E-state index in [1.807, 2.05) is 25.1 Å². The quantitative estimate of drug-likeness (QED) is 0.714. The molecule has 0 saturated heterocycles. The molecule has 0 atom stereocenters. The standard InChI is InChI=1S/C15H14BrFO/c1-10-7-13(4-3-12(10)9-16)18-14-5-6-15(17)11(2)8-14/h3-8H,9H2,1-2H3. The fourth-order valence-corrected chi connectivity index (χ4v) is 2.33. The lowest BCUT2D eigenvalue weighted by Gasteiger charge is -2.09. The minimum absolute atomic E-state index is 0.215. The van der Waals surface area contributed by atoms with Crippen molar-refractivity contribution in [2.45, 2.75) is 19.2 Å². The summed E-state index contributed by atoms with van der Waals surface area (Å²) in [6.07, 6.45) is 0. The highest BCUT2D eigenvalue weighted by atomic mass is 79.9. The van der Waals surface area contributed by atoms with E-state index < -0.39 is 0 Å². The molecule has 0 amide bonds. The Morgan fingerprint density at radius 3 is 2.17 bits per heavy atom. The van der Waals surface area contributed by atoms with Gasteiger partial charge in [0.15, 0.2) is 0 Å². The van der Waals surface area contributed by atoms with E-state index in [2.05, 4.69) is 15.9 Å². The normalized spacial score (nSPS) is 10.4. The topological polar surface area (TPSA) is 9.23 Å². The average Bonchev–Trinajstić information content (AvgIpc) is 2.34. The van der Waals surface area contributed by atoms with E-state index in [1.165, 1.54) is 17.2 Å². The maximum Gasteiger partial charge on any atom is 0.127 e. The summed E-state index contributed by atoms with van der Waals surface area (Å²) in [5.74, 6) is 1.20. The maximum absolute atomic E-state index is 13.1. The first kappa shape index (κ1) is 13.1. The molecule has 0 aliphatic rings. The predicted octanol–water partition coefficient (Wildman–Crippen LogP) is 5.13. The average molecular weight is 309 g/mol. The number of ether oxygens (including phenoxy) is 1. The number of halogens is 2. The fourth-order valence-electron chi connectivity index (χ4n) is 1.70. The van der Waals surface area contributed by atoms with Gasteiger partial charge in [0.05, 0.1) is 0 Å². The molecule has 2 aromatic rings. The monoisotopic (exact) mass is 308 g/mol. The van der Waals surface area contributed by atoms with Crippen LogP contribution in [0.4, 0.5) is 4.39 Å². The van der Waals surface area contributed by atoms with Gasteiger partial charge in [-0.3, -0.25) is 0 Å². The number of alkyl halides is 1. The van der Waals surface area contributed by atoms with Crippen molar-refractivity contribution < 1.29 is 9.13 Å². The first-order chi connectivity index (χ1) is 8.60. The predicted molar refractivity (Wildman–Crippen MR) is 75.0 cm³/mol. The van der Waals surface area contributed by atoms with Crippen LogP contribution in [-0.2, 0) is 5.33 Å². The van der Waals surface area contributed by atoms with Crippen LogP contribution in [0.15, 0.2) is 36.4 Å². The summed E-state index contributed by atoms with van der Waals surface area (Å²) in [6, 6.07) is 10.7. The van der Waals surface area contributed by atoms with Crippen LogP contribution in [0.2, 0.25) is 0 Å². The molecule has 3 heteroatoms. The molecule has 0 radical (unpaired) electrons. The Labute approximate surface area is 115 Å². The van der Waals surface area contributed by atoms with Gasteiger partial charge in [0.25, 0.3) is 0 Å². The first-order valence-electron chi connectivity index (χ1n) is 5.69. The second-order valence-corrected chi connectivity index (χ2v) is 4.80. The summed E-state index contributed by atoms with van der Waals surface area (Å²) in [5.41, 5.74) is 2.99. The zero-order valence-corrected chi connectivity index (χ0v) is 11.9. The minimum Gasteiger partial charge on any atom is -0.457 e. The Hall–Kier alpha value is -1.35.